The normalized spacial score (nSPS) is 14.5. The second-order valence-corrected chi connectivity index (χ2v) is 8.13. The molecule has 1 aliphatic rings. The second kappa shape index (κ2) is 6.44. The van der Waals surface area contributed by atoms with E-state index in [0.29, 0.717) is 34.4 Å². The van der Waals surface area contributed by atoms with Crippen LogP contribution >= 0.6 is 27.3 Å². The zero-order valence-corrected chi connectivity index (χ0v) is 16.6. The summed E-state index contributed by atoms with van der Waals surface area (Å²) in [7, 11) is 0. The molecule has 1 fully saturated rings. The number of nitrogens with one attached hydrogen (secondary N) is 1. The number of halogens is 1. The van der Waals surface area contributed by atoms with Crippen molar-refractivity contribution in [2.24, 2.45) is 0 Å². The van der Waals surface area contributed by atoms with E-state index in [1.54, 1.807) is 12.4 Å². The molecule has 1 amide bonds. The van der Waals surface area contributed by atoms with Crippen molar-refractivity contribution in [3.8, 4) is 0 Å². The van der Waals surface area contributed by atoms with Crippen molar-refractivity contribution in [1.29, 1.82) is 0 Å². The number of hydrogen-bond donors (Lipinski definition) is 2. The summed E-state index contributed by atoms with van der Waals surface area (Å²) in [5, 5.41) is 12.1. The summed E-state index contributed by atoms with van der Waals surface area (Å²) < 4.78 is 0.834. The zero-order valence-electron chi connectivity index (χ0n) is 14.2. The van der Waals surface area contributed by atoms with Crippen LogP contribution in [0.2, 0.25) is 0 Å². The molecule has 0 unspecified atom stereocenters. The Morgan fingerprint density at radius 1 is 1.31 bits per heavy atom. The number of anilines is 2. The van der Waals surface area contributed by atoms with Gasteiger partial charge in [0.1, 0.15) is 9.71 Å². The van der Waals surface area contributed by atoms with Crippen molar-refractivity contribution >= 4 is 55.0 Å². The molecule has 3 N–H and O–H groups in total. The maximum Gasteiger partial charge on any atom is 0.263 e. The Morgan fingerprint density at radius 2 is 2.00 bits per heavy atom. The maximum absolute atomic E-state index is 12.6. The van der Waals surface area contributed by atoms with Gasteiger partial charge in [-0.15, -0.1) is 16.4 Å². The molecule has 0 radical (unpaired) electrons. The number of amides is 1. The van der Waals surface area contributed by atoms with Crippen molar-refractivity contribution in [1.82, 2.24) is 25.5 Å². The number of aryl methyl sites for hydroxylation is 2. The van der Waals surface area contributed by atoms with E-state index >= 15 is 0 Å². The van der Waals surface area contributed by atoms with E-state index < -0.39 is 0 Å². The van der Waals surface area contributed by atoms with Crippen molar-refractivity contribution in [2.75, 3.05) is 23.7 Å². The lowest BCUT2D eigenvalue weighted by molar-refractivity contribution is 0.0935. The van der Waals surface area contributed by atoms with E-state index in [1.807, 2.05) is 18.7 Å². The molecule has 4 rings (SSSR count). The molecule has 4 heterocycles. The van der Waals surface area contributed by atoms with Crippen LogP contribution in [0.1, 0.15) is 20.9 Å². The van der Waals surface area contributed by atoms with Gasteiger partial charge in [-0.1, -0.05) is 0 Å². The Balaban J connectivity index is 1.46. The Hall–Kier alpha value is -2.33. The highest BCUT2D eigenvalue weighted by Crippen LogP contribution is 2.35. The summed E-state index contributed by atoms with van der Waals surface area (Å²) >= 11 is 4.59. The van der Waals surface area contributed by atoms with Gasteiger partial charge in [0.05, 0.1) is 21.9 Å². The number of thiophene rings is 1. The molecule has 3 aromatic rings. The first-order chi connectivity index (χ1) is 12.4. The van der Waals surface area contributed by atoms with Crippen molar-refractivity contribution in [3.63, 3.8) is 0 Å². The number of rotatable bonds is 3. The molecule has 1 aliphatic heterocycles. The van der Waals surface area contributed by atoms with Gasteiger partial charge in [-0.3, -0.25) is 4.79 Å². The molecule has 1 saturated heterocycles. The minimum atomic E-state index is -0.177. The van der Waals surface area contributed by atoms with Gasteiger partial charge in [0.25, 0.3) is 5.91 Å². The third-order valence-corrected chi connectivity index (χ3v) is 5.95. The lowest BCUT2D eigenvalue weighted by Crippen LogP contribution is -2.59. The van der Waals surface area contributed by atoms with Gasteiger partial charge in [0.15, 0.2) is 0 Å². The molecule has 10 heteroatoms. The fraction of sp³-hybridized carbons (Fsp3) is 0.312. The van der Waals surface area contributed by atoms with Crippen LogP contribution in [0.25, 0.3) is 10.2 Å². The SMILES string of the molecule is Cc1nnc2sc(C(=O)NC3CN(c4ncc(Br)cn4)C3)c(N)c2c1C. The molecule has 0 aliphatic carbocycles. The quantitative estimate of drug-likeness (QED) is 0.649. The van der Waals surface area contributed by atoms with E-state index in [2.05, 4.69) is 41.4 Å². The predicted octanol–water partition coefficient (Wildman–Crippen LogP) is 2.06. The summed E-state index contributed by atoms with van der Waals surface area (Å²) in [5.74, 6) is 0.477. The highest BCUT2D eigenvalue weighted by atomic mass is 79.9. The third kappa shape index (κ3) is 2.88. The maximum atomic E-state index is 12.6. The number of hydrogen-bond acceptors (Lipinski definition) is 8. The van der Waals surface area contributed by atoms with Gasteiger partial charge in [-0.25, -0.2) is 9.97 Å². The van der Waals surface area contributed by atoms with E-state index in [1.165, 1.54) is 11.3 Å². The molecular formula is C16H16BrN7OS. The van der Waals surface area contributed by atoms with Crippen LogP contribution in [0.15, 0.2) is 16.9 Å². The lowest BCUT2D eigenvalue weighted by Gasteiger charge is -2.39. The monoisotopic (exact) mass is 433 g/mol. The van der Waals surface area contributed by atoms with E-state index in [4.69, 9.17) is 5.73 Å². The van der Waals surface area contributed by atoms with Crippen LogP contribution in [0.4, 0.5) is 11.6 Å². The van der Waals surface area contributed by atoms with Crippen LogP contribution in [0.5, 0.6) is 0 Å². The topological polar surface area (TPSA) is 110 Å². The first-order valence-corrected chi connectivity index (χ1v) is 9.60. The lowest BCUT2D eigenvalue weighted by atomic mass is 10.1. The summed E-state index contributed by atoms with van der Waals surface area (Å²) in [6.45, 7) is 5.15. The second-order valence-electron chi connectivity index (χ2n) is 6.21. The van der Waals surface area contributed by atoms with Crippen molar-refractivity contribution < 1.29 is 4.79 Å². The fourth-order valence-corrected chi connectivity index (χ4v) is 4.07. The number of fused-ring (bicyclic) bond motifs is 1. The number of aromatic nitrogens is 4. The van der Waals surface area contributed by atoms with Gasteiger partial charge in [-0.05, 0) is 35.3 Å². The zero-order chi connectivity index (χ0) is 18.4. The minimum Gasteiger partial charge on any atom is -0.397 e. The van der Waals surface area contributed by atoms with Gasteiger partial charge in [-0.2, -0.15) is 5.10 Å². The smallest absolute Gasteiger partial charge is 0.263 e. The molecule has 0 atom stereocenters. The summed E-state index contributed by atoms with van der Waals surface area (Å²) in [6, 6.07) is 0.0354. The first kappa shape index (κ1) is 17.1. The van der Waals surface area contributed by atoms with E-state index in [-0.39, 0.29) is 11.9 Å². The number of carbonyl (C=O) groups is 1. The average molecular weight is 434 g/mol. The Labute approximate surface area is 162 Å². The largest absolute Gasteiger partial charge is 0.397 e. The molecule has 0 aromatic carbocycles. The van der Waals surface area contributed by atoms with Crippen molar-refractivity contribution in [2.45, 2.75) is 19.9 Å². The van der Waals surface area contributed by atoms with Crippen LogP contribution in [0, 0.1) is 13.8 Å². The van der Waals surface area contributed by atoms with Crippen LogP contribution in [-0.2, 0) is 0 Å². The number of nitrogens with zero attached hydrogens (tertiary/aromatic N) is 5. The molecule has 3 aromatic heterocycles. The Kier molecular flexibility index (Phi) is 4.23. The average Bonchev–Trinajstić information content (AvgIpc) is 2.92. The van der Waals surface area contributed by atoms with Crippen LogP contribution in [-0.4, -0.2) is 45.2 Å². The predicted molar refractivity (Wildman–Crippen MR) is 105 cm³/mol. The molecule has 8 nitrogen and oxygen atoms in total. The molecular weight excluding hydrogens is 418 g/mol. The van der Waals surface area contributed by atoms with Crippen molar-refractivity contribution in [3.05, 3.63) is 33.0 Å². The molecule has 134 valence electrons. The van der Waals surface area contributed by atoms with E-state index in [0.717, 1.165) is 21.1 Å². The molecule has 0 bridgehead atoms. The number of carbonyl (C=O) groups excluding carboxylic acids is 1. The van der Waals surface area contributed by atoms with Gasteiger partial charge in [0, 0.05) is 30.9 Å². The Bertz CT molecular complexity index is 998. The van der Waals surface area contributed by atoms with Crippen LogP contribution < -0.4 is 16.0 Å². The standard InChI is InChI=1S/C16H16BrN7OS/c1-7-8(2)22-23-15-11(7)12(18)13(26-15)14(25)21-10-5-24(6-10)16-19-3-9(17)4-20-16/h3-4,10H,5-6,18H2,1-2H3,(H,21,25). The summed E-state index contributed by atoms with van der Waals surface area (Å²) in [5.41, 5.74) is 8.48. The molecule has 26 heavy (non-hydrogen) atoms. The molecule has 0 spiro atoms. The third-order valence-electron chi connectivity index (χ3n) is 4.45. The van der Waals surface area contributed by atoms with Gasteiger partial charge >= 0.3 is 0 Å². The number of nitrogens with two attached hydrogens (primary N) is 1. The molecule has 0 saturated carbocycles. The number of nitrogen functional groups attached to an aromatic ring is 1. The highest BCUT2D eigenvalue weighted by molar-refractivity contribution is 9.10. The first-order valence-electron chi connectivity index (χ1n) is 7.99. The summed E-state index contributed by atoms with van der Waals surface area (Å²) in [4.78, 5) is 24.3. The van der Waals surface area contributed by atoms with E-state index in [9.17, 15) is 4.79 Å². The van der Waals surface area contributed by atoms with Crippen LogP contribution in [0.3, 0.4) is 0 Å². The fourth-order valence-electron chi connectivity index (χ4n) is 2.86. The summed E-state index contributed by atoms with van der Waals surface area (Å²) in [6.07, 6.45) is 3.41. The van der Waals surface area contributed by atoms with Gasteiger partial charge < -0.3 is 16.0 Å². The van der Waals surface area contributed by atoms with Gasteiger partial charge in [0.2, 0.25) is 5.95 Å². The minimum absolute atomic E-state index is 0.0354. The Morgan fingerprint density at radius 3 is 2.69 bits per heavy atom. The highest BCUT2D eigenvalue weighted by Gasteiger charge is 2.31.